The molecule has 0 radical (unpaired) electrons. The highest BCUT2D eigenvalue weighted by atomic mass is 35.5. The molecule has 0 saturated carbocycles. The minimum absolute atomic E-state index is 0.323. The molecule has 6 heteroatoms. The van der Waals surface area contributed by atoms with Crippen molar-refractivity contribution in [2.24, 2.45) is 0 Å². The number of aryl methyl sites for hydroxylation is 1. The van der Waals surface area contributed by atoms with E-state index in [9.17, 15) is 0 Å². The van der Waals surface area contributed by atoms with E-state index >= 15 is 0 Å². The lowest BCUT2D eigenvalue weighted by atomic mass is 10.2. The average Bonchev–Trinajstić information content (AvgIpc) is 3.12. The minimum atomic E-state index is 0.323. The maximum atomic E-state index is 6.05. The summed E-state index contributed by atoms with van der Waals surface area (Å²) in [5.74, 6) is 0.868. The zero-order valence-electron chi connectivity index (χ0n) is 12.5. The highest BCUT2D eigenvalue weighted by Gasteiger charge is 2.18. The SMILES string of the molecule is CCc1cc2c(NCC(C)N3CCCC3)nc(Cl)nc2s1. The monoisotopic (exact) mass is 324 g/mol. The molecule has 1 unspecified atom stereocenters. The van der Waals surface area contributed by atoms with E-state index in [1.807, 2.05) is 0 Å². The van der Waals surface area contributed by atoms with Crippen LogP contribution in [0.25, 0.3) is 10.2 Å². The molecule has 21 heavy (non-hydrogen) atoms. The number of anilines is 1. The van der Waals surface area contributed by atoms with Crippen LogP contribution in [0.2, 0.25) is 5.28 Å². The normalized spacial score (nSPS) is 17.5. The molecule has 3 heterocycles. The van der Waals surface area contributed by atoms with Crippen molar-refractivity contribution in [1.82, 2.24) is 14.9 Å². The number of halogens is 1. The van der Waals surface area contributed by atoms with Crippen molar-refractivity contribution in [1.29, 1.82) is 0 Å². The van der Waals surface area contributed by atoms with Crippen LogP contribution in [0.3, 0.4) is 0 Å². The Balaban J connectivity index is 1.77. The van der Waals surface area contributed by atoms with Crippen molar-refractivity contribution in [2.75, 3.05) is 25.0 Å². The zero-order chi connectivity index (χ0) is 14.8. The molecule has 1 atom stereocenters. The Morgan fingerprint density at radius 2 is 2.14 bits per heavy atom. The molecule has 3 rings (SSSR count). The van der Waals surface area contributed by atoms with E-state index in [2.05, 4.69) is 40.1 Å². The van der Waals surface area contributed by atoms with E-state index < -0.39 is 0 Å². The van der Waals surface area contributed by atoms with Gasteiger partial charge in [0.25, 0.3) is 0 Å². The summed E-state index contributed by atoms with van der Waals surface area (Å²) in [6.45, 7) is 7.73. The van der Waals surface area contributed by atoms with Crippen LogP contribution in [-0.4, -0.2) is 40.5 Å². The fourth-order valence-corrected chi connectivity index (χ4v) is 4.00. The lowest BCUT2D eigenvalue weighted by Gasteiger charge is -2.24. The number of aromatic nitrogens is 2. The third-order valence-electron chi connectivity index (χ3n) is 4.09. The number of thiophene rings is 1. The first kappa shape index (κ1) is 15.0. The molecule has 1 fully saturated rings. The van der Waals surface area contributed by atoms with E-state index in [1.165, 1.54) is 30.8 Å². The van der Waals surface area contributed by atoms with E-state index in [1.54, 1.807) is 11.3 Å². The molecule has 1 N–H and O–H groups in total. The molecule has 2 aromatic rings. The summed E-state index contributed by atoms with van der Waals surface area (Å²) in [5, 5.41) is 4.89. The van der Waals surface area contributed by atoms with Crippen molar-refractivity contribution in [3.05, 3.63) is 16.2 Å². The molecule has 0 aliphatic carbocycles. The van der Waals surface area contributed by atoms with E-state index in [0.717, 1.165) is 29.0 Å². The number of nitrogens with one attached hydrogen (secondary N) is 1. The molecule has 0 bridgehead atoms. The van der Waals surface area contributed by atoms with Crippen LogP contribution in [-0.2, 0) is 6.42 Å². The summed E-state index contributed by atoms with van der Waals surface area (Å²) < 4.78 is 0. The molecule has 0 amide bonds. The van der Waals surface area contributed by atoms with Crippen LogP contribution >= 0.6 is 22.9 Å². The predicted octanol–water partition coefficient (Wildman–Crippen LogP) is 3.80. The largest absolute Gasteiger partial charge is 0.368 e. The van der Waals surface area contributed by atoms with Crippen LogP contribution in [0, 0.1) is 0 Å². The summed E-state index contributed by atoms with van der Waals surface area (Å²) in [6, 6.07) is 2.69. The van der Waals surface area contributed by atoms with Gasteiger partial charge in [0.15, 0.2) is 0 Å². The molecule has 114 valence electrons. The molecule has 0 spiro atoms. The fraction of sp³-hybridized carbons (Fsp3) is 0.600. The van der Waals surface area contributed by atoms with Crippen LogP contribution in [0.4, 0.5) is 5.82 Å². The Kier molecular flexibility index (Phi) is 4.62. The Morgan fingerprint density at radius 3 is 2.86 bits per heavy atom. The van der Waals surface area contributed by atoms with E-state index in [0.29, 0.717) is 11.3 Å². The van der Waals surface area contributed by atoms with Gasteiger partial charge in [0.05, 0.1) is 5.39 Å². The second-order valence-corrected chi connectivity index (χ2v) is 7.05. The van der Waals surface area contributed by atoms with Crippen molar-refractivity contribution in [2.45, 2.75) is 39.2 Å². The summed E-state index contributed by atoms with van der Waals surface area (Å²) in [5.41, 5.74) is 0. The topological polar surface area (TPSA) is 41.0 Å². The van der Waals surface area contributed by atoms with Gasteiger partial charge >= 0.3 is 0 Å². The van der Waals surface area contributed by atoms with Crippen LogP contribution in [0.5, 0.6) is 0 Å². The van der Waals surface area contributed by atoms with Crippen LogP contribution in [0.1, 0.15) is 31.6 Å². The van der Waals surface area contributed by atoms with Gasteiger partial charge in [-0.3, -0.25) is 4.90 Å². The van der Waals surface area contributed by atoms with Gasteiger partial charge < -0.3 is 5.32 Å². The number of nitrogens with zero attached hydrogens (tertiary/aromatic N) is 3. The lowest BCUT2D eigenvalue weighted by molar-refractivity contribution is 0.269. The van der Waals surface area contributed by atoms with Gasteiger partial charge in [-0.25, -0.2) is 9.97 Å². The number of hydrogen-bond donors (Lipinski definition) is 1. The van der Waals surface area contributed by atoms with Crippen molar-refractivity contribution >= 4 is 39.0 Å². The smallest absolute Gasteiger partial charge is 0.225 e. The Bertz CT molecular complexity index is 621. The highest BCUT2D eigenvalue weighted by molar-refractivity contribution is 7.18. The van der Waals surface area contributed by atoms with Crippen molar-refractivity contribution in [3.8, 4) is 0 Å². The number of hydrogen-bond acceptors (Lipinski definition) is 5. The Morgan fingerprint density at radius 1 is 1.38 bits per heavy atom. The summed E-state index contributed by atoms with van der Waals surface area (Å²) in [7, 11) is 0. The van der Waals surface area contributed by atoms with E-state index in [-0.39, 0.29) is 0 Å². The quantitative estimate of drug-likeness (QED) is 0.849. The second-order valence-electron chi connectivity index (χ2n) is 5.60. The van der Waals surface area contributed by atoms with Gasteiger partial charge in [0.1, 0.15) is 10.6 Å². The van der Waals surface area contributed by atoms with Crippen LogP contribution in [0.15, 0.2) is 6.07 Å². The molecule has 1 aliphatic rings. The molecule has 2 aromatic heterocycles. The molecule has 0 aromatic carbocycles. The summed E-state index contributed by atoms with van der Waals surface area (Å²) in [6.07, 6.45) is 3.65. The zero-order valence-corrected chi connectivity index (χ0v) is 14.1. The summed E-state index contributed by atoms with van der Waals surface area (Å²) >= 11 is 7.75. The second kappa shape index (κ2) is 6.46. The summed E-state index contributed by atoms with van der Waals surface area (Å²) in [4.78, 5) is 13.5. The number of likely N-dealkylation sites (tertiary alicyclic amines) is 1. The van der Waals surface area contributed by atoms with E-state index in [4.69, 9.17) is 11.6 Å². The molecule has 4 nitrogen and oxygen atoms in total. The third kappa shape index (κ3) is 3.30. The number of fused-ring (bicyclic) bond motifs is 1. The fourth-order valence-electron chi connectivity index (χ4n) is 2.81. The van der Waals surface area contributed by atoms with Crippen molar-refractivity contribution < 1.29 is 0 Å². The molecule has 1 aliphatic heterocycles. The molecule has 1 saturated heterocycles. The maximum Gasteiger partial charge on any atom is 0.225 e. The molecular weight excluding hydrogens is 304 g/mol. The minimum Gasteiger partial charge on any atom is -0.368 e. The first-order valence-corrected chi connectivity index (χ1v) is 8.80. The van der Waals surface area contributed by atoms with Gasteiger partial charge in [-0.05, 0) is 56.9 Å². The first-order valence-electron chi connectivity index (χ1n) is 7.61. The van der Waals surface area contributed by atoms with Gasteiger partial charge in [-0.2, -0.15) is 0 Å². The lowest BCUT2D eigenvalue weighted by Crippen LogP contribution is -2.35. The predicted molar refractivity (Wildman–Crippen MR) is 90.6 cm³/mol. The van der Waals surface area contributed by atoms with Gasteiger partial charge in [0.2, 0.25) is 5.28 Å². The van der Waals surface area contributed by atoms with Gasteiger partial charge in [0, 0.05) is 17.5 Å². The third-order valence-corrected chi connectivity index (χ3v) is 5.44. The van der Waals surface area contributed by atoms with Crippen molar-refractivity contribution in [3.63, 3.8) is 0 Å². The number of rotatable bonds is 5. The standard InChI is InChI=1S/C15H21ClN4S/c1-3-11-8-12-13(18-15(16)19-14(12)21-11)17-9-10(2)20-6-4-5-7-20/h8,10H,3-7,9H2,1-2H3,(H,17,18,19). The highest BCUT2D eigenvalue weighted by Crippen LogP contribution is 2.30. The molecular formula is C15H21ClN4S. The first-order chi connectivity index (χ1) is 10.2. The Hall–Kier alpha value is -0.910. The van der Waals surface area contributed by atoms with Crippen LogP contribution < -0.4 is 5.32 Å². The average molecular weight is 325 g/mol. The Labute approximate surface area is 134 Å². The van der Waals surface area contributed by atoms with Gasteiger partial charge in [-0.1, -0.05) is 6.92 Å². The van der Waals surface area contributed by atoms with Gasteiger partial charge in [-0.15, -0.1) is 11.3 Å². The maximum absolute atomic E-state index is 6.05.